The number of anilines is 1. The lowest BCUT2D eigenvalue weighted by atomic mass is 10.00. The van der Waals surface area contributed by atoms with Crippen molar-refractivity contribution in [2.24, 2.45) is 0 Å². The molecule has 2 N–H and O–H groups in total. The number of rotatable bonds is 10. The van der Waals surface area contributed by atoms with Crippen molar-refractivity contribution in [3.05, 3.63) is 65.2 Å². The van der Waals surface area contributed by atoms with Gasteiger partial charge >= 0.3 is 6.09 Å². The fraction of sp³-hybridized carbons (Fsp3) is 0.464. The standard InChI is InChI=1S/C28H39N3O4S/c1-8-31(26(33)23(16-17-36-7)30-27(34)35-28(4,5)6)24(21-14-11-12-19(2)18-21)25(32)29-22-15-10-9-13-20(22)3/h9-15,18,23-24H,8,16-17H2,1-7H3,(H,29,32)(H,30,34). The van der Waals surface area contributed by atoms with Crippen LogP contribution in [-0.2, 0) is 14.3 Å². The van der Waals surface area contributed by atoms with E-state index in [0.29, 0.717) is 23.4 Å². The van der Waals surface area contributed by atoms with E-state index in [-0.39, 0.29) is 18.4 Å². The number of benzene rings is 2. The van der Waals surface area contributed by atoms with Crippen LogP contribution in [-0.4, -0.2) is 53.0 Å². The summed E-state index contributed by atoms with van der Waals surface area (Å²) < 4.78 is 5.41. The monoisotopic (exact) mass is 513 g/mol. The smallest absolute Gasteiger partial charge is 0.408 e. The minimum Gasteiger partial charge on any atom is -0.444 e. The Kier molecular flexibility index (Phi) is 10.8. The Morgan fingerprint density at radius 3 is 2.33 bits per heavy atom. The molecule has 196 valence electrons. The number of thioether (sulfide) groups is 1. The predicted molar refractivity (Wildman–Crippen MR) is 147 cm³/mol. The van der Waals surface area contributed by atoms with Crippen molar-refractivity contribution in [2.45, 2.75) is 65.6 Å². The fourth-order valence-electron chi connectivity index (χ4n) is 3.84. The van der Waals surface area contributed by atoms with Crippen molar-refractivity contribution < 1.29 is 19.1 Å². The van der Waals surface area contributed by atoms with Gasteiger partial charge in [-0.3, -0.25) is 9.59 Å². The van der Waals surface area contributed by atoms with E-state index >= 15 is 0 Å². The van der Waals surface area contributed by atoms with Gasteiger partial charge in [-0.1, -0.05) is 48.0 Å². The van der Waals surface area contributed by atoms with Crippen molar-refractivity contribution >= 4 is 35.4 Å². The Hall–Kier alpha value is -3.00. The summed E-state index contributed by atoms with van der Waals surface area (Å²) in [5.41, 5.74) is 2.61. The third kappa shape index (κ3) is 8.59. The molecule has 0 radical (unpaired) electrons. The van der Waals surface area contributed by atoms with Gasteiger partial charge in [-0.05, 0) is 77.2 Å². The van der Waals surface area contributed by atoms with Crippen LogP contribution in [0.25, 0.3) is 0 Å². The highest BCUT2D eigenvalue weighted by molar-refractivity contribution is 7.98. The first-order chi connectivity index (χ1) is 17.0. The molecule has 0 heterocycles. The van der Waals surface area contributed by atoms with E-state index in [1.165, 1.54) is 4.90 Å². The third-order valence-electron chi connectivity index (χ3n) is 5.54. The molecule has 0 fully saturated rings. The number of nitrogens with zero attached hydrogens (tertiary/aromatic N) is 1. The largest absolute Gasteiger partial charge is 0.444 e. The van der Waals surface area contributed by atoms with Gasteiger partial charge in [0.25, 0.3) is 5.91 Å². The quantitative estimate of drug-likeness (QED) is 0.439. The number of carbonyl (C=O) groups excluding carboxylic acids is 3. The number of alkyl carbamates (subject to hydrolysis) is 1. The van der Waals surface area contributed by atoms with Gasteiger partial charge in [0.1, 0.15) is 17.7 Å². The number of hydrogen-bond acceptors (Lipinski definition) is 5. The van der Waals surface area contributed by atoms with Crippen LogP contribution in [0.15, 0.2) is 48.5 Å². The Labute approximate surface area is 219 Å². The molecule has 7 nitrogen and oxygen atoms in total. The van der Waals surface area contributed by atoms with Crippen molar-refractivity contribution in [2.75, 3.05) is 23.9 Å². The summed E-state index contributed by atoms with van der Waals surface area (Å²) in [6.45, 7) is 11.3. The molecule has 3 amide bonds. The molecule has 0 aliphatic heterocycles. The number of amides is 3. The molecule has 0 aliphatic rings. The first-order valence-corrected chi connectivity index (χ1v) is 13.6. The zero-order chi connectivity index (χ0) is 26.9. The van der Waals surface area contributed by atoms with E-state index in [2.05, 4.69) is 10.6 Å². The number of carbonyl (C=O) groups is 3. The van der Waals surface area contributed by atoms with E-state index in [9.17, 15) is 14.4 Å². The molecule has 2 aromatic rings. The van der Waals surface area contributed by atoms with Gasteiger partial charge in [-0.25, -0.2) is 4.79 Å². The summed E-state index contributed by atoms with van der Waals surface area (Å²) in [5, 5.41) is 5.74. The van der Waals surface area contributed by atoms with Crippen LogP contribution in [0.2, 0.25) is 0 Å². The predicted octanol–water partition coefficient (Wildman–Crippen LogP) is 5.48. The lowest BCUT2D eigenvalue weighted by Crippen LogP contribution is -2.52. The van der Waals surface area contributed by atoms with Gasteiger partial charge in [0.15, 0.2) is 0 Å². The lowest BCUT2D eigenvalue weighted by molar-refractivity contribution is -0.140. The highest BCUT2D eigenvalue weighted by atomic mass is 32.2. The number of likely N-dealkylation sites (N-methyl/N-ethyl adjacent to an activating group) is 1. The Balaban J connectivity index is 2.43. The fourth-order valence-corrected chi connectivity index (χ4v) is 4.31. The van der Waals surface area contributed by atoms with Crippen LogP contribution in [0.3, 0.4) is 0 Å². The second kappa shape index (κ2) is 13.3. The summed E-state index contributed by atoms with van der Waals surface area (Å²) in [7, 11) is 0. The Morgan fingerprint density at radius 2 is 1.75 bits per heavy atom. The molecule has 0 saturated heterocycles. The maximum absolute atomic E-state index is 13.9. The zero-order valence-electron chi connectivity index (χ0n) is 22.4. The molecule has 2 aromatic carbocycles. The maximum atomic E-state index is 13.9. The molecule has 0 aromatic heterocycles. The minimum absolute atomic E-state index is 0.282. The van der Waals surface area contributed by atoms with E-state index in [4.69, 9.17) is 4.74 Å². The summed E-state index contributed by atoms with van der Waals surface area (Å²) in [4.78, 5) is 41.7. The molecule has 2 rings (SSSR count). The van der Waals surface area contributed by atoms with E-state index in [1.807, 2.05) is 75.6 Å². The molecular formula is C28H39N3O4S. The van der Waals surface area contributed by atoms with E-state index in [0.717, 1.165) is 11.1 Å². The van der Waals surface area contributed by atoms with Gasteiger partial charge in [0.2, 0.25) is 5.91 Å². The normalized spacial score (nSPS) is 12.9. The first kappa shape index (κ1) is 29.2. The highest BCUT2D eigenvalue weighted by Crippen LogP contribution is 2.26. The van der Waals surface area contributed by atoms with Crippen LogP contribution >= 0.6 is 11.8 Å². The molecule has 2 atom stereocenters. The molecule has 0 spiro atoms. The summed E-state index contributed by atoms with van der Waals surface area (Å²) in [6, 6.07) is 13.4. The lowest BCUT2D eigenvalue weighted by Gasteiger charge is -2.34. The van der Waals surface area contributed by atoms with Crippen molar-refractivity contribution in [3.63, 3.8) is 0 Å². The average molecular weight is 514 g/mol. The minimum atomic E-state index is -0.876. The molecule has 0 saturated carbocycles. The number of hydrogen-bond donors (Lipinski definition) is 2. The number of para-hydroxylation sites is 1. The summed E-state index contributed by atoms with van der Waals surface area (Å²) >= 11 is 1.58. The molecule has 0 aliphatic carbocycles. The van der Waals surface area contributed by atoms with Crippen molar-refractivity contribution in [1.82, 2.24) is 10.2 Å². The first-order valence-electron chi connectivity index (χ1n) is 12.2. The van der Waals surface area contributed by atoms with Crippen LogP contribution < -0.4 is 10.6 Å². The maximum Gasteiger partial charge on any atom is 0.408 e. The van der Waals surface area contributed by atoms with E-state index < -0.39 is 23.8 Å². The van der Waals surface area contributed by atoms with Crippen LogP contribution in [0.5, 0.6) is 0 Å². The molecular weight excluding hydrogens is 474 g/mol. The molecule has 36 heavy (non-hydrogen) atoms. The SMILES string of the molecule is CCN(C(=O)C(CCSC)NC(=O)OC(C)(C)C)C(C(=O)Nc1ccccc1C)c1cccc(C)c1. The van der Waals surface area contributed by atoms with Crippen molar-refractivity contribution in [1.29, 1.82) is 0 Å². The van der Waals surface area contributed by atoms with E-state index in [1.54, 1.807) is 32.5 Å². The molecule has 0 bridgehead atoms. The number of nitrogens with one attached hydrogen (secondary N) is 2. The second-order valence-corrected chi connectivity index (χ2v) is 10.7. The van der Waals surface area contributed by atoms with Gasteiger partial charge in [0, 0.05) is 12.2 Å². The topological polar surface area (TPSA) is 87.7 Å². The highest BCUT2D eigenvalue weighted by Gasteiger charge is 2.35. The van der Waals surface area contributed by atoms with Crippen LogP contribution in [0.1, 0.15) is 56.8 Å². The number of aryl methyl sites for hydroxylation is 2. The average Bonchev–Trinajstić information content (AvgIpc) is 2.79. The van der Waals surface area contributed by atoms with Gasteiger partial charge in [-0.15, -0.1) is 0 Å². The van der Waals surface area contributed by atoms with Crippen LogP contribution in [0, 0.1) is 13.8 Å². The van der Waals surface area contributed by atoms with Gasteiger partial charge < -0.3 is 20.3 Å². The Bertz CT molecular complexity index is 1050. The summed E-state index contributed by atoms with van der Waals surface area (Å²) in [5.74, 6) is 0.0173. The zero-order valence-corrected chi connectivity index (χ0v) is 23.2. The van der Waals surface area contributed by atoms with Crippen LogP contribution in [0.4, 0.5) is 10.5 Å². The second-order valence-electron chi connectivity index (χ2n) is 9.73. The summed E-state index contributed by atoms with van der Waals surface area (Å²) in [6.07, 6.45) is 1.70. The number of ether oxygens (including phenoxy) is 1. The van der Waals surface area contributed by atoms with Gasteiger partial charge in [0.05, 0.1) is 0 Å². The molecule has 8 heteroatoms. The Morgan fingerprint density at radius 1 is 1.06 bits per heavy atom. The third-order valence-corrected chi connectivity index (χ3v) is 6.19. The van der Waals surface area contributed by atoms with Gasteiger partial charge in [-0.2, -0.15) is 11.8 Å². The molecule has 2 unspecified atom stereocenters. The van der Waals surface area contributed by atoms with Crippen molar-refractivity contribution in [3.8, 4) is 0 Å².